The van der Waals surface area contributed by atoms with Gasteiger partial charge >= 0.3 is 5.97 Å². The largest absolute Gasteiger partial charge is 0.478 e. The minimum Gasteiger partial charge on any atom is -0.478 e. The van der Waals surface area contributed by atoms with Crippen LogP contribution in [-0.2, 0) is 16.0 Å². The maximum Gasteiger partial charge on any atom is 0.333 e. The van der Waals surface area contributed by atoms with Gasteiger partial charge in [-0.15, -0.1) is 0 Å². The molecule has 4 heteroatoms. The van der Waals surface area contributed by atoms with Crippen LogP contribution in [0, 0.1) is 0 Å². The predicted molar refractivity (Wildman–Crippen MR) is 96.9 cm³/mol. The van der Waals surface area contributed by atoms with Crippen LogP contribution >= 0.6 is 0 Å². The highest BCUT2D eigenvalue weighted by Gasteiger charge is 2.21. The number of carboxylic acids is 1. The van der Waals surface area contributed by atoms with Crippen molar-refractivity contribution in [3.8, 4) is 11.1 Å². The second-order valence-electron chi connectivity index (χ2n) is 6.23. The molecule has 0 spiro atoms. The van der Waals surface area contributed by atoms with Gasteiger partial charge in [-0.3, -0.25) is 4.79 Å². The smallest absolute Gasteiger partial charge is 0.333 e. The Bertz CT molecular complexity index is 792. The summed E-state index contributed by atoms with van der Waals surface area (Å²) < 4.78 is 0. The van der Waals surface area contributed by atoms with E-state index >= 15 is 0 Å². The van der Waals surface area contributed by atoms with E-state index in [4.69, 9.17) is 5.11 Å². The molecule has 2 N–H and O–H groups in total. The van der Waals surface area contributed by atoms with E-state index in [1.807, 2.05) is 30.3 Å². The first kappa shape index (κ1) is 17.0. The third-order valence-corrected chi connectivity index (χ3v) is 4.47. The van der Waals surface area contributed by atoms with Gasteiger partial charge in [-0.05, 0) is 42.4 Å². The summed E-state index contributed by atoms with van der Waals surface area (Å²) in [6.45, 7) is 0. The molecule has 0 aromatic heterocycles. The van der Waals surface area contributed by atoms with Crippen LogP contribution < -0.4 is 5.32 Å². The van der Waals surface area contributed by atoms with Crippen molar-refractivity contribution in [3.05, 3.63) is 71.4 Å². The standard InChI is InChI=1S/C21H21NO3/c23-20(22-19-8-4-7-18(19)21(24)25)14-11-15-9-12-17(13-10-15)16-5-2-1-3-6-16/h1-3,5-6,9-10,12-13H,4,7-8,11,14H2,(H,22,23)(H,24,25). The van der Waals surface area contributed by atoms with Gasteiger partial charge < -0.3 is 10.4 Å². The first-order valence-electron chi connectivity index (χ1n) is 8.53. The van der Waals surface area contributed by atoms with E-state index in [0.29, 0.717) is 37.0 Å². The van der Waals surface area contributed by atoms with Gasteiger partial charge in [0, 0.05) is 12.1 Å². The van der Waals surface area contributed by atoms with Crippen molar-refractivity contribution in [2.24, 2.45) is 0 Å². The first-order valence-corrected chi connectivity index (χ1v) is 8.53. The van der Waals surface area contributed by atoms with E-state index in [9.17, 15) is 9.59 Å². The van der Waals surface area contributed by atoms with Crippen molar-refractivity contribution in [2.75, 3.05) is 0 Å². The number of allylic oxidation sites excluding steroid dienone is 1. The molecule has 3 rings (SSSR count). The number of hydrogen-bond acceptors (Lipinski definition) is 2. The lowest BCUT2D eigenvalue weighted by molar-refractivity contribution is -0.132. The second kappa shape index (κ2) is 7.79. The molecule has 2 aromatic rings. The fourth-order valence-corrected chi connectivity index (χ4v) is 3.10. The predicted octanol–water partition coefficient (Wildman–Crippen LogP) is 3.93. The Morgan fingerprint density at radius 1 is 0.920 bits per heavy atom. The van der Waals surface area contributed by atoms with Crippen LogP contribution in [-0.4, -0.2) is 17.0 Å². The topological polar surface area (TPSA) is 66.4 Å². The van der Waals surface area contributed by atoms with Gasteiger partial charge in [-0.1, -0.05) is 54.6 Å². The Labute approximate surface area is 147 Å². The van der Waals surface area contributed by atoms with Crippen molar-refractivity contribution in [3.63, 3.8) is 0 Å². The minimum absolute atomic E-state index is 0.122. The van der Waals surface area contributed by atoms with Crippen LogP contribution in [0.1, 0.15) is 31.2 Å². The van der Waals surface area contributed by atoms with Crippen LogP contribution in [0.25, 0.3) is 11.1 Å². The van der Waals surface area contributed by atoms with Gasteiger partial charge in [0.2, 0.25) is 5.91 Å². The van der Waals surface area contributed by atoms with Crippen LogP contribution in [0.5, 0.6) is 0 Å². The van der Waals surface area contributed by atoms with Crippen molar-refractivity contribution >= 4 is 11.9 Å². The molecule has 0 aliphatic heterocycles. The average molecular weight is 335 g/mol. The van der Waals surface area contributed by atoms with Gasteiger partial charge in [-0.25, -0.2) is 4.79 Å². The normalized spacial score (nSPS) is 13.8. The number of rotatable bonds is 6. The summed E-state index contributed by atoms with van der Waals surface area (Å²) in [6, 6.07) is 18.3. The summed E-state index contributed by atoms with van der Waals surface area (Å²) in [7, 11) is 0. The fraction of sp³-hybridized carbons (Fsp3) is 0.238. The Morgan fingerprint density at radius 3 is 2.28 bits per heavy atom. The zero-order valence-corrected chi connectivity index (χ0v) is 14.0. The van der Waals surface area contributed by atoms with E-state index in [2.05, 4.69) is 29.6 Å². The Morgan fingerprint density at radius 2 is 1.60 bits per heavy atom. The molecule has 0 fully saturated rings. The van der Waals surface area contributed by atoms with Crippen molar-refractivity contribution < 1.29 is 14.7 Å². The molecule has 1 aliphatic carbocycles. The molecule has 2 aromatic carbocycles. The molecule has 0 bridgehead atoms. The highest BCUT2D eigenvalue weighted by atomic mass is 16.4. The lowest BCUT2D eigenvalue weighted by Crippen LogP contribution is -2.24. The van der Waals surface area contributed by atoms with Crippen molar-refractivity contribution in [1.82, 2.24) is 5.32 Å². The van der Waals surface area contributed by atoms with E-state index in [1.165, 1.54) is 5.56 Å². The maximum absolute atomic E-state index is 12.1. The van der Waals surface area contributed by atoms with Crippen molar-refractivity contribution in [1.29, 1.82) is 0 Å². The number of benzene rings is 2. The molecule has 0 radical (unpaired) electrons. The molecule has 0 saturated heterocycles. The number of aliphatic carboxylic acids is 1. The number of amides is 1. The third-order valence-electron chi connectivity index (χ3n) is 4.47. The van der Waals surface area contributed by atoms with Crippen molar-refractivity contribution in [2.45, 2.75) is 32.1 Å². The number of aryl methyl sites for hydroxylation is 1. The molecule has 4 nitrogen and oxygen atoms in total. The van der Waals surface area contributed by atoms with E-state index in [-0.39, 0.29) is 5.91 Å². The lowest BCUT2D eigenvalue weighted by Gasteiger charge is -2.08. The minimum atomic E-state index is -0.927. The number of carbonyl (C=O) groups excluding carboxylic acids is 1. The molecule has 0 unspecified atom stereocenters. The summed E-state index contributed by atoms with van der Waals surface area (Å²) in [4.78, 5) is 23.2. The summed E-state index contributed by atoms with van der Waals surface area (Å²) in [5.41, 5.74) is 4.34. The van der Waals surface area contributed by atoms with Gasteiger partial charge in [0.15, 0.2) is 0 Å². The molecule has 0 saturated carbocycles. The molecule has 0 atom stereocenters. The fourth-order valence-electron chi connectivity index (χ4n) is 3.10. The first-order chi connectivity index (χ1) is 12.1. The third kappa shape index (κ3) is 4.35. The highest BCUT2D eigenvalue weighted by molar-refractivity contribution is 5.89. The van der Waals surface area contributed by atoms with Crippen LogP contribution in [0.4, 0.5) is 0 Å². The lowest BCUT2D eigenvalue weighted by atomic mass is 10.0. The zero-order valence-electron chi connectivity index (χ0n) is 14.0. The Kier molecular flexibility index (Phi) is 5.29. The number of carbonyl (C=O) groups is 2. The monoisotopic (exact) mass is 335 g/mol. The van der Waals surface area contributed by atoms with Gasteiger partial charge in [-0.2, -0.15) is 0 Å². The van der Waals surface area contributed by atoms with E-state index < -0.39 is 5.97 Å². The van der Waals surface area contributed by atoms with Gasteiger partial charge in [0.25, 0.3) is 0 Å². The second-order valence-corrected chi connectivity index (χ2v) is 6.23. The molecular formula is C21H21NO3. The zero-order chi connectivity index (χ0) is 17.6. The average Bonchev–Trinajstić information content (AvgIpc) is 3.09. The highest BCUT2D eigenvalue weighted by Crippen LogP contribution is 2.24. The van der Waals surface area contributed by atoms with Gasteiger partial charge in [0.1, 0.15) is 0 Å². The molecular weight excluding hydrogens is 314 g/mol. The summed E-state index contributed by atoms with van der Waals surface area (Å²) in [5, 5.41) is 11.9. The molecule has 1 amide bonds. The molecule has 25 heavy (non-hydrogen) atoms. The summed E-state index contributed by atoms with van der Waals surface area (Å²) >= 11 is 0. The van der Waals surface area contributed by atoms with Gasteiger partial charge in [0.05, 0.1) is 5.57 Å². The quantitative estimate of drug-likeness (QED) is 0.841. The maximum atomic E-state index is 12.1. The van der Waals surface area contributed by atoms with E-state index in [1.54, 1.807) is 0 Å². The number of carboxylic acid groups (broad SMARTS) is 1. The molecule has 128 valence electrons. The van der Waals surface area contributed by atoms with Crippen LogP contribution in [0.3, 0.4) is 0 Å². The number of nitrogens with one attached hydrogen (secondary N) is 1. The number of hydrogen-bond donors (Lipinski definition) is 2. The van der Waals surface area contributed by atoms with Crippen LogP contribution in [0.15, 0.2) is 65.9 Å². The Balaban J connectivity index is 1.56. The summed E-state index contributed by atoms with van der Waals surface area (Å²) in [5.74, 6) is -1.05. The molecule has 0 heterocycles. The van der Waals surface area contributed by atoms with Crippen LogP contribution in [0.2, 0.25) is 0 Å². The SMILES string of the molecule is O=C(CCc1ccc(-c2ccccc2)cc1)NC1=C(C(=O)O)CCC1. The summed E-state index contributed by atoms with van der Waals surface area (Å²) in [6.07, 6.45) is 2.95. The van der Waals surface area contributed by atoms with E-state index in [0.717, 1.165) is 17.5 Å². The Hall–Kier alpha value is -2.88. The molecule has 1 aliphatic rings.